The second-order valence-corrected chi connectivity index (χ2v) is 6.93. The van der Waals surface area contributed by atoms with Crippen LogP contribution in [-0.4, -0.2) is 17.6 Å². The van der Waals surface area contributed by atoms with Gasteiger partial charge in [-0.25, -0.2) is 4.39 Å². The molecular formula is C22H19ClFNO2. The molecule has 5 heteroatoms. The Kier molecular flexibility index (Phi) is 5.59. The molecule has 0 fully saturated rings. The van der Waals surface area contributed by atoms with Crippen LogP contribution < -0.4 is 5.32 Å². The number of amides is 1. The minimum atomic E-state index is -1.27. The summed E-state index contributed by atoms with van der Waals surface area (Å²) >= 11 is 5.90. The van der Waals surface area contributed by atoms with Crippen LogP contribution >= 0.6 is 11.6 Å². The van der Waals surface area contributed by atoms with E-state index in [0.717, 1.165) is 17.2 Å². The molecule has 0 aromatic heterocycles. The van der Waals surface area contributed by atoms with Gasteiger partial charge < -0.3 is 10.4 Å². The van der Waals surface area contributed by atoms with Crippen LogP contribution in [0, 0.1) is 5.82 Å². The number of carbonyl (C=O) groups excluding carboxylic acids is 1. The van der Waals surface area contributed by atoms with Gasteiger partial charge in [0.05, 0.1) is 17.1 Å². The van der Waals surface area contributed by atoms with Crippen molar-refractivity contribution in [3.63, 3.8) is 0 Å². The molecule has 0 spiro atoms. The molecule has 1 amide bonds. The summed E-state index contributed by atoms with van der Waals surface area (Å²) in [5.74, 6) is -0.983. The molecule has 3 nitrogen and oxygen atoms in total. The average Bonchev–Trinajstić information content (AvgIpc) is 2.67. The van der Waals surface area contributed by atoms with Gasteiger partial charge in [0.25, 0.3) is 5.91 Å². The fourth-order valence-corrected chi connectivity index (χ4v) is 3.03. The lowest BCUT2D eigenvalue weighted by molar-refractivity contribution is 0.0526. The number of hydrogen-bond donors (Lipinski definition) is 2. The van der Waals surface area contributed by atoms with Gasteiger partial charge in [0.2, 0.25) is 0 Å². The van der Waals surface area contributed by atoms with E-state index in [-0.39, 0.29) is 17.1 Å². The molecule has 2 N–H and O–H groups in total. The van der Waals surface area contributed by atoms with Crippen molar-refractivity contribution in [1.82, 2.24) is 5.32 Å². The molecule has 0 saturated carbocycles. The number of aliphatic hydroxyl groups is 1. The third kappa shape index (κ3) is 4.54. The quantitative estimate of drug-likeness (QED) is 0.666. The Morgan fingerprint density at radius 3 is 2.30 bits per heavy atom. The SMILES string of the molecule is CC(O)(CNC(=O)c1ccc(F)cc1Cl)c1ccc(-c2ccccc2)cc1. The van der Waals surface area contributed by atoms with Crippen molar-refractivity contribution >= 4 is 17.5 Å². The highest BCUT2D eigenvalue weighted by atomic mass is 35.5. The van der Waals surface area contributed by atoms with Crippen LogP contribution in [-0.2, 0) is 5.60 Å². The zero-order chi connectivity index (χ0) is 19.4. The lowest BCUT2D eigenvalue weighted by atomic mass is 9.93. The van der Waals surface area contributed by atoms with E-state index in [4.69, 9.17) is 11.6 Å². The molecule has 0 aliphatic heterocycles. The topological polar surface area (TPSA) is 49.3 Å². The van der Waals surface area contributed by atoms with Crippen LogP contribution in [0.25, 0.3) is 11.1 Å². The molecule has 3 aromatic carbocycles. The highest BCUT2D eigenvalue weighted by Crippen LogP contribution is 2.25. The second-order valence-electron chi connectivity index (χ2n) is 6.52. The van der Waals surface area contributed by atoms with Gasteiger partial charge in [-0.2, -0.15) is 0 Å². The lowest BCUT2D eigenvalue weighted by Gasteiger charge is -2.24. The zero-order valence-corrected chi connectivity index (χ0v) is 15.5. The van der Waals surface area contributed by atoms with Crippen LogP contribution in [0.5, 0.6) is 0 Å². The molecule has 0 heterocycles. The Bertz CT molecular complexity index is 940. The Balaban J connectivity index is 1.70. The first-order chi connectivity index (χ1) is 12.9. The van der Waals surface area contributed by atoms with E-state index in [1.807, 2.05) is 54.6 Å². The van der Waals surface area contributed by atoms with Crippen LogP contribution in [0.3, 0.4) is 0 Å². The first-order valence-electron chi connectivity index (χ1n) is 8.48. The maximum absolute atomic E-state index is 13.1. The molecule has 138 valence electrons. The molecule has 0 aliphatic rings. The van der Waals surface area contributed by atoms with Crippen molar-refractivity contribution in [2.45, 2.75) is 12.5 Å². The first kappa shape index (κ1) is 19.1. The fourth-order valence-electron chi connectivity index (χ4n) is 2.78. The monoisotopic (exact) mass is 383 g/mol. The molecule has 0 bridgehead atoms. The highest BCUT2D eigenvalue weighted by molar-refractivity contribution is 6.33. The Labute approximate surface area is 162 Å². The summed E-state index contributed by atoms with van der Waals surface area (Å²) in [7, 11) is 0. The van der Waals surface area contributed by atoms with Gasteiger partial charge in [0, 0.05) is 0 Å². The minimum absolute atomic E-state index is 0.00970. The maximum Gasteiger partial charge on any atom is 0.252 e. The van der Waals surface area contributed by atoms with Gasteiger partial charge in [-0.05, 0) is 41.8 Å². The lowest BCUT2D eigenvalue weighted by Crippen LogP contribution is -2.38. The number of rotatable bonds is 5. The van der Waals surface area contributed by atoms with E-state index in [9.17, 15) is 14.3 Å². The minimum Gasteiger partial charge on any atom is -0.384 e. The summed E-state index contributed by atoms with van der Waals surface area (Å²) in [6.45, 7) is 1.61. The van der Waals surface area contributed by atoms with E-state index in [1.165, 1.54) is 12.1 Å². The van der Waals surface area contributed by atoms with Crippen LogP contribution in [0.15, 0.2) is 72.8 Å². The number of halogens is 2. The van der Waals surface area contributed by atoms with E-state index in [0.29, 0.717) is 5.56 Å². The molecule has 3 rings (SSSR count). The molecule has 3 aromatic rings. The average molecular weight is 384 g/mol. The van der Waals surface area contributed by atoms with E-state index < -0.39 is 17.3 Å². The van der Waals surface area contributed by atoms with Crippen molar-refractivity contribution in [2.75, 3.05) is 6.54 Å². The molecular weight excluding hydrogens is 365 g/mol. The molecule has 0 saturated heterocycles. The van der Waals surface area contributed by atoms with Crippen LogP contribution in [0.1, 0.15) is 22.8 Å². The van der Waals surface area contributed by atoms with Gasteiger partial charge in [0.15, 0.2) is 0 Å². The summed E-state index contributed by atoms with van der Waals surface area (Å²) in [5, 5.41) is 13.4. The molecule has 1 atom stereocenters. The van der Waals surface area contributed by atoms with Gasteiger partial charge in [-0.1, -0.05) is 66.2 Å². The third-order valence-corrected chi connectivity index (χ3v) is 4.70. The van der Waals surface area contributed by atoms with Crippen molar-refractivity contribution in [3.8, 4) is 11.1 Å². The predicted molar refractivity (Wildman–Crippen MR) is 105 cm³/mol. The van der Waals surface area contributed by atoms with Crippen molar-refractivity contribution in [3.05, 3.63) is 94.8 Å². The first-order valence-corrected chi connectivity index (χ1v) is 8.86. The normalized spacial score (nSPS) is 13.0. The molecule has 0 aliphatic carbocycles. The standard InChI is InChI=1S/C22H19ClFNO2/c1-22(27,14-25-21(26)19-12-11-18(24)13-20(19)23)17-9-7-16(8-10-17)15-5-3-2-4-6-15/h2-13,27H,14H2,1H3,(H,25,26). The highest BCUT2D eigenvalue weighted by Gasteiger charge is 2.24. The van der Waals surface area contributed by atoms with Crippen molar-refractivity contribution in [1.29, 1.82) is 0 Å². The number of benzene rings is 3. The summed E-state index contributed by atoms with van der Waals surface area (Å²) < 4.78 is 13.1. The summed E-state index contributed by atoms with van der Waals surface area (Å²) in [5.41, 5.74) is 1.69. The second kappa shape index (κ2) is 7.91. The molecule has 1 unspecified atom stereocenters. The predicted octanol–water partition coefficient (Wildman–Crippen LogP) is 4.78. The van der Waals surface area contributed by atoms with Crippen LogP contribution in [0.2, 0.25) is 5.02 Å². The molecule has 27 heavy (non-hydrogen) atoms. The van der Waals surface area contributed by atoms with Gasteiger partial charge in [-0.3, -0.25) is 4.79 Å². The summed E-state index contributed by atoms with van der Waals surface area (Å²) in [6.07, 6.45) is 0. The maximum atomic E-state index is 13.1. The Morgan fingerprint density at radius 1 is 1.04 bits per heavy atom. The van der Waals surface area contributed by atoms with Crippen LogP contribution in [0.4, 0.5) is 4.39 Å². The number of nitrogens with one attached hydrogen (secondary N) is 1. The van der Waals surface area contributed by atoms with E-state index >= 15 is 0 Å². The van der Waals surface area contributed by atoms with Gasteiger partial charge in [-0.15, -0.1) is 0 Å². The number of carbonyl (C=O) groups is 1. The largest absolute Gasteiger partial charge is 0.384 e. The van der Waals surface area contributed by atoms with Gasteiger partial charge >= 0.3 is 0 Å². The molecule has 0 radical (unpaired) electrons. The third-order valence-electron chi connectivity index (χ3n) is 4.38. The van der Waals surface area contributed by atoms with Crippen molar-refractivity contribution in [2.24, 2.45) is 0 Å². The summed E-state index contributed by atoms with van der Waals surface area (Å²) in [4.78, 5) is 12.3. The van der Waals surface area contributed by atoms with E-state index in [1.54, 1.807) is 6.92 Å². The fraction of sp³-hybridized carbons (Fsp3) is 0.136. The van der Waals surface area contributed by atoms with E-state index in [2.05, 4.69) is 5.32 Å². The Morgan fingerprint density at radius 2 is 1.67 bits per heavy atom. The zero-order valence-electron chi connectivity index (χ0n) is 14.7. The number of hydrogen-bond acceptors (Lipinski definition) is 2. The smallest absolute Gasteiger partial charge is 0.252 e. The van der Waals surface area contributed by atoms with Gasteiger partial charge in [0.1, 0.15) is 11.4 Å². The Hall–Kier alpha value is -2.69. The summed E-state index contributed by atoms with van der Waals surface area (Å²) in [6, 6.07) is 21.0. The van der Waals surface area contributed by atoms with Crippen molar-refractivity contribution < 1.29 is 14.3 Å².